The van der Waals surface area contributed by atoms with E-state index >= 15 is 0 Å². The number of imide groups is 1. The first kappa shape index (κ1) is 13.1. The highest BCUT2D eigenvalue weighted by Crippen LogP contribution is 1.86. The van der Waals surface area contributed by atoms with Gasteiger partial charge >= 0.3 is 12.1 Å². The van der Waals surface area contributed by atoms with Crippen LogP contribution < -0.4 is 27.4 Å². The highest BCUT2D eigenvalue weighted by atomic mass is 16.3. The molecule has 0 aliphatic carbocycles. The molecule has 1 fully saturated rings. The Morgan fingerprint density at radius 3 is 2.33 bits per heavy atom. The van der Waals surface area contributed by atoms with Crippen LogP contribution in [0.1, 0.15) is 0 Å². The Morgan fingerprint density at radius 1 is 1.53 bits per heavy atom. The third-order valence-electron chi connectivity index (χ3n) is 1.19. The minimum absolute atomic E-state index is 0.0972. The van der Waals surface area contributed by atoms with Crippen molar-refractivity contribution in [3.8, 4) is 0 Å². The molecule has 0 aromatic rings. The lowest BCUT2D eigenvalue weighted by molar-refractivity contribution is -0.120. The average molecular weight is 219 g/mol. The summed E-state index contributed by atoms with van der Waals surface area (Å²) in [6, 6.07) is -1.51. The standard InChI is InChI=1S/C4H6N4O3.C2H7NO/c5-3(10)6-1-2(9)8-4(11)7-1;3-1-2-4/h1H,(H3,5,6,10)(H2,7,8,9,11);4H,1-3H2. The summed E-state index contributed by atoms with van der Waals surface area (Å²) in [5, 5.41) is 13.8. The minimum Gasteiger partial charge on any atom is -0.395 e. The van der Waals surface area contributed by atoms with Crippen molar-refractivity contribution in [2.24, 2.45) is 11.5 Å². The summed E-state index contributed by atoms with van der Waals surface area (Å²) in [6.07, 6.45) is -1.04. The fourth-order valence-electron chi connectivity index (χ4n) is 0.661. The smallest absolute Gasteiger partial charge is 0.323 e. The van der Waals surface area contributed by atoms with E-state index in [2.05, 4.69) is 5.32 Å². The Labute approximate surface area is 85.2 Å². The molecule has 1 rings (SSSR count). The van der Waals surface area contributed by atoms with Crippen molar-refractivity contribution in [1.29, 1.82) is 0 Å². The molecule has 1 atom stereocenters. The van der Waals surface area contributed by atoms with Crippen LogP contribution in [0.3, 0.4) is 0 Å². The maximum absolute atomic E-state index is 10.7. The summed E-state index contributed by atoms with van der Waals surface area (Å²) in [7, 11) is 0. The number of hydrogen-bond acceptors (Lipinski definition) is 5. The number of aliphatic hydroxyl groups is 1. The third-order valence-corrected chi connectivity index (χ3v) is 1.19. The fourth-order valence-corrected chi connectivity index (χ4v) is 0.661. The summed E-state index contributed by atoms with van der Waals surface area (Å²) in [5.41, 5.74) is 9.48. The molecule has 9 heteroatoms. The van der Waals surface area contributed by atoms with E-state index < -0.39 is 24.1 Å². The molecular weight excluding hydrogens is 206 g/mol. The van der Waals surface area contributed by atoms with E-state index in [-0.39, 0.29) is 6.61 Å². The number of nitrogens with two attached hydrogens (primary N) is 2. The van der Waals surface area contributed by atoms with E-state index in [9.17, 15) is 14.4 Å². The first-order chi connectivity index (χ1) is 7.01. The molecule has 5 amide bonds. The molecule has 0 saturated carbocycles. The molecule has 1 unspecified atom stereocenters. The lowest BCUT2D eigenvalue weighted by atomic mass is 10.5. The summed E-state index contributed by atoms with van der Waals surface area (Å²) in [5.74, 6) is -0.617. The van der Waals surface area contributed by atoms with E-state index in [1.807, 2.05) is 10.6 Å². The fraction of sp³-hybridized carbons (Fsp3) is 0.500. The van der Waals surface area contributed by atoms with Gasteiger partial charge in [0.1, 0.15) is 0 Å². The molecule has 1 aliphatic heterocycles. The van der Waals surface area contributed by atoms with Gasteiger partial charge in [-0.1, -0.05) is 0 Å². The van der Waals surface area contributed by atoms with Gasteiger partial charge in [-0.25, -0.2) is 9.59 Å². The van der Waals surface area contributed by atoms with Crippen LogP contribution in [-0.4, -0.2) is 42.4 Å². The van der Waals surface area contributed by atoms with Crippen molar-refractivity contribution in [1.82, 2.24) is 16.0 Å². The second-order valence-electron chi connectivity index (χ2n) is 2.42. The monoisotopic (exact) mass is 219 g/mol. The second-order valence-corrected chi connectivity index (χ2v) is 2.42. The van der Waals surface area contributed by atoms with Crippen molar-refractivity contribution in [3.63, 3.8) is 0 Å². The number of hydrogen-bond donors (Lipinski definition) is 6. The molecule has 0 aromatic heterocycles. The molecule has 0 bridgehead atoms. The van der Waals surface area contributed by atoms with Gasteiger partial charge in [0.2, 0.25) is 0 Å². The van der Waals surface area contributed by atoms with Crippen molar-refractivity contribution in [2.45, 2.75) is 6.17 Å². The lowest BCUT2D eigenvalue weighted by Gasteiger charge is -2.05. The number of primary amides is 1. The van der Waals surface area contributed by atoms with Gasteiger partial charge in [0.25, 0.3) is 5.91 Å². The largest absolute Gasteiger partial charge is 0.395 e. The van der Waals surface area contributed by atoms with Crippen LogP contribution in [0.2, 0.25) is 0 Å². The first-order valence-corrected chi connectivity index (χ1v) is 3.99. The quantitative estimate of drug-likeness (QED) is 0.269. The molecule has 1 heterocycles. The zero-order valence-corrected chi connectivity index (χ0v) is 7.82. The number of urea groups is 2. The predicted octanol–water partition coefficient (Wildman–Crippen LogP) is -3.24. The van der Waals surface area contributed by atoms with Crippen LogP contribution >= 0.6 is 0 Å². The highest BCUT2D eigenvalue weighted by Gasteiger charge is 2.29. The number of nitrogens with one attached hydrogen (secondary N) is 3. The van der Waals surface area contributed by atoms with Crippen LogP contribution in [0, 0.1) is 0 Å². The molecular formula is C6H13N5O4. The van der Waals surface area contributed by atoms with Crippen molar-refractivity contribution in [2.75, 3.05) is 13.2 Å². The van der Waals surface area contributed by atoms with E-state index in [4.69, 9.17) is 16.6 Å². The molecule has 8 N–H and O–H groups in total. The second kappa shape index (κ2) is 6.56. The average Bonchev–Trinajstić information content (AvgIpc) is 2.45. The van der Waals surface area contributed by atoms with Gasteiger partial charge < -0.3 is 27.2 Å². The first-order valence-electron chi connectivity index (χ1n) is 3.99. The molecule has 0 spiro atoms. The molecule has 1 saturated heterocycles. The zero-order chi connectivity index (χ0) is 11.8. The SMILES string of the molecule is NC(=O)NC1NC(=O)NC1=O.NCCO. The van der Waals surface area contributed by atoms with E-state index in [1.54, 1.807) is 0 Å². The predicted molar refractivity (Wildman–Crippen MR) is 49.3 cm³/mol. The van der Waals surface area contributed by atoms with Gasteiger partial charge in [-0.3, -0.25) is 10.1 Å². The summed E-state index contributed by atoms with van der Waals surface area (Å²) in [6.45, 7) is 0.472. The van der Waals surface area contributed by atoms with Crippen LogP contribution in [-0.2, 0) is 4.79 Å². The molecule has 1 aliphatic rings. The Hall–Kier alpha value is -1.87. The number of carbonyl (C=O) groups is 3. The van der Waals surface area contributed by atoms with E-state index in [0.717, 1.165) is 0 Å². The van der Waals surface area contributed by atoms with Gasteiger partial charge in [-0.2, -0.15) is 0 Å². The maximum atomic E-state index is 10.7. The lowest BCUT2D eigenvalue weighted by Crippen LogP contribution is -2.48. The van der Waals surface area contributed by atoms with Crippen LogP contribution in [0.5, 0.6) is 0 Å². The van der Waals surface area contributed by atoms with Gasteiger partial charge in [0.05, 0.1) is 6.61 Å². The van der Waals surface area contributed by atoms with Gasteiger partial charge in [0.15, 0.2) is 6.17 Å². The molecule has 0 aromatic carbocycles. The number of amides is 5. The minimum atomic E-state index is -1.04. The van der Waals surface area contributed by atoms with Crippen molar-refractivity contribution < 1.29 is 19.5 Å². The van der Waals surface area contributed by atoms with Crippen molar-refractivity contribution in [3.05, 3.63) is 0 Å². The number of aliphatic hydroxyl groups excluding tert-OH is 1. The summed E-state index contributed by atoms with van der Waals surface area (Å²) >= 11 is 0. The molecule has 15 heavy (non-hydrogen) atoms. The van der Waals surface area contributed by atoms with Crippen LogP contribution in [0.4, 0.5) is 9.59 Å². The topological polar surface area (TPSA) is 160 Å². The van der Waals surface area contributed by atoms with Gasteiger partial charge in [0, 0.05) is 6.54 Å². The van der Waals surface area contributed by atoms with Crippen molar-refractivity contribution >= 4 is 18.0 Å². The Balaban J connectivity index is 0.000000423. The summed E-state index contributed by atoms with van der Waals surface area (Å²) in [4.78, 5) is 31.3. The van der Waals surface area contributed by atoms with Gasteiger partial charge in [-0.15, -0.1) is 0 Å². The molecule has 86 valence electrons. The number of carbonyl (C=O) groups excluding carboxylic acids is 3. The third kappa shape index (κ3) is 5.44. The van der Waals surface area contributed by atoms with Crippen LogP contribution in [0.15, 0.2) is 0 Å². The zero-order valence-electron chi connectivity index (χ0n) is 7.82. The maximum Gasteiger partial charge on any atom is 0.323 e. The van der Waals surface area contributed by atoms with E-state index in [0.29, 0.717) is 6.54 Å². The molecule has 9 nitrogen and oxygen atoms in total. The van der Waals surface area contributed by atoms with E-state index in [1.165, 1.54) is 0 Å². The Kier molecular flexibility index (Phi) is 5.75. The van der Waals surface area contributed by atoms with Gasteiger partial charge in [-0.05, 0) is 0 Å². The van der Waals surface area contributed by atoms with Crippen LogP contribution in [0.25, 0.3) is 0 Å². The highest BCUT2D eigenvalue weighted by molar-refractivity contribution is 6.05. The Morgan fingerprint density at radius 2 is 2.07 bits per heavy atom. The normalized spacial score (nSPS) is 18.4. The summed E-state index contributed by atoms with van der Waals surface area (Å²) < 4.78 is 0. The molecule has 0 radical (unpaired) electrons. The Bertz CT molecular complexity index is 254. The number of rotatable bonds is 2.